The Balaban J connectivity index is 1.09. The quantitative estimate of drug-likeness (QED) is 0.180. The van der Waals surface area contributed by atoms with Crippen molar-refractivity contribution >= 4 is 54.5 Å². The summed E-state index contributed by atoms with van der Waals surface area (Å²) in [6.07, 6.45) is 0. The minimum Gasteiger partial charge on any atom is -0.309 e. The van der Waals surface area contributed by atoms with Gasteiger partial charge in [-0.3, -0.25) is 4.57 Å². The van der Waals surface area contributed by atoms with Crippen LogP contribution < -0.4 is 0 Å². The zero-order chi connectivity index (χ0) is 35.6. The molecule has 0 aliphatic rings. The summed E-state index contributed by atoms with van der Waals surface area (Å²) >= 11 is 0. The summed E-state index contributed by atoms with van der Waals surface area (Å²) in [5.74, 6) is 0.660. The zero-order valence-electron chi connectivity index (χ0n) is 29.3. The monoisotopic (exact) mass is 688 g/mol. The number of aromatic nitrogens is 4. The Morgan fingerprint density at radius 3 is 1.57 bits per heavy atom. The molecule has 0 bridgehead atoms. The topological polar surface area (TPSA) is 35.6 Å². The summed E-state index contributed by atoms with van der Waals surface area (Å²) in [5, 5.41) is 5.84. The number of nitrogens with zero attached hydrogens (tertiary/aromatic N) is 4. The van der Waals surface area contributed by atoms with Gasteiger partial charge in [-0.1, -0.05) is 146 Å². The van der Waals surface area contributed by atoms with E-state index in [0.29, 0.717) is 5.95 Å². The maximum absolute atomic E-state index is 5.29. The van der Waals surface area contributed by atoms with Gasteiger partial charge in [-0.2, -0.15) is 0 Å². The van der Waals surface area contributed by atoms with Crippen molar-refractivity contribution in [3.8, 4) is 45.1 Å². The third-order valence-corrected chi connectivity index (χ3v) is 10.8. The molecule has 4 heteroatoms. The predicted molar refractivity (Wildman–Crippen MR) is 225 cm³/mol. The summed E-state index contributed by atoms with van der Waals surface area (Å²) in [6.45, 7) is 0. The van der Waals surface area contributed by atoms with Crippen LogP contribution in [0.2, 0.25) is 0 Å². The Bertz CT molecular complexity index is 3190. The van der Waals surface area contributed by atoms with Crippen molar-refractivity contribution in [2.75, 3.05) is 0 Å². The van der Waals surface area contributed by atoms with Crippen LogP contribution in [0.1, 0.15) is 0 Å². The number of hydrogen-bond acceptors (Lipinski definition) is 2. The molecule has 0 saturated heterocycles. The highest BCUT2D eigenvalue weighted by Gasteiger charge is 2.19. The lowest BCUT2D eigenvalue weighted by molar-refractivity contribution is 1.01. The van der Waals surface area contributed by atoms with E-state index < -0.39 is 0 Å². The molecule has 0 unspecified atom stereocenters. The molecule has 0 N–H and O–H groups in total. The summed E-state index contributed by atoms with van der Waals surface area (Å²) in [5.41, 5.74) is 13.3. The highest BCUT2D eigenvalue weighted by molar-refractivity contribution is 6.12. The minimum atomic E-state index is 0.660. The lowest BCUT2D eigenvalue weighted by atomic mass is 10.0. The Hall–Kier alpha value is -7.30. The van der Waals surface area contributed by atoms with Crippen LogP contribution >= 0.6 is 0 Å². The van der Waals surface area contributed by atoms with Gasteiger partial charge in [0.1, 0.15) is 0 Å². The van der Waals surface area contributed by atoms with Crippen LogP contribution in [0.4, 0.5) is 0 Å². The third kappa shape index (κ3) is 4.78. The summed E-state index contributed by atoms with van der Waals surface area (Å²) in [6, 6.07) is 69.1. The van der Waals surface area contributed by atoms with Crippen molar-refractivity contribution in [2.24, 2.45) is 0 Å². The molecule has 0 atom stereocenters. The van der Waals surface area contributed by atoms with Gasteiger partial charge >= 0.3 is 0 Å². The first-order valence-corrected chi connectivity index (χ1v) is 18.3. The number of para-hydroxylation sites is 3. The van der Waals surface area contributed by atoms with Crippen LogP contribution in [0.5, 0.6) is 0 Å². The van der Waals surface area contributed by atoms with E-state index in [4.69, 9.17) is 9.97 Å². The lowest BCUT2D eigenvalue weighted by Gasteiger charge is -2.12. The molecule has 11 aromatic rings. The van der Waals surface area contributed by atoms with E-state index in [1.54, 1.807) is 0 Å². The SMILES string of the molecule is c1ccc(-c2ccc(-n3c4ccccc4c4cc(-c5ccc6c7ccccc7n(-c7nc(-c8ccccc8)c8ccccc8n7)c6c5)ccc43)cc2)cc1. The van der Waals surface area contributed by atoms with Gasteiger partial charge in [0.25, 0.3) is 0 Å². The zero-order valence-corrected chi connectivity index (χ0v) is 29.3. The van der Waals surface area contributed by atoms with Crippen molar-refractivity contribution < 1.29 is 0 Å². The van der Waals surface area contributed by atoms with Gasteiger partial charge in [-0.25, -0.2) is 9.97 Å². The van der Waals surface area contributed by atoms with Crippen molar-refractivity contribution in [3.63, 3.8) is 0 Å². The maximum atomic E-state index is 5.29. The van der Waals surface area contributed by atoms with E-state index >= 15 is 0 Å². The molecule has 0 spiro atoms. The molecule has 0 fully saturated rings. The molecule has 0 saturated carbocycles. The highest BCUT2D eigenvalue weighted by atomic mass is 15.2. The van der Waals surface area contributed by atoms with Crippen LogP contribution in [0.25, 0.3) is 99.7 Å². The van der Waals surface area contributed by atoms with E-state index in [2.05, 4.69) is 191 Å². The number of hydrogen-bond donors (Lipinski definition) is 0. The van der Waals surface area contributed by atoms with Crippen molar-refractivity contribution in [1.82, 2.24) is 19.1 Å². The average Bonchev–Trinajstić information content (AvgIpc) is 3.76. The van der Waals surface area contributed by atoms with E-state index in [9.17, 15) is 0 Å². The first-order chi connectivity index (χ1) is 26.8. The minimum absolute atomic E-state index is 0.660. The van der Waals surface area contributed by atoms with Gasteiger partial charge < -0.3 is 4.57 Å². The molecule has 252 valence electrons. The molecule has 3 aromatic heterocycles. The first kappa shape index (κ1) is 30.3. The molecule has 11 rings (SSSR count). The Labute approximate surface area is 311 Å². The molecule has 54 heavy (non-hydrogen) atoms. The van der Waals surface area contributed by atoms with Gasteiger partial charge in [0, 0.05) is 38.2 Å². The highest BCUT2D eigenvalue weighted by Crippen LogP contribution is 2.39. The van der Waals surface area contributed by atoms with Gasteiger partial charge in [0.2, 0.25) is 5.95 Å². The largest absolute Gasteiger partial charge is 0.309 e. The van der Waals surface area contributed by atoms with Crippen molar-refractivity contribution in [3.05, 3.63) is 194 Å². The fourth-order valence-corrected chi connectivity index (χ4v) is 8.21. The number of rotatable bonds is 5. The second-order valence-electron chi connectivity index (χ2n) is 13.8. The van der Waals surface area contributed by atoms with Crippen molar-refractivity contribution in [1.29, 1.82) is 0 Å². The van der Waals surface area contributed by atoms with E-state index in [1.165, 1.54) is 43.7 Å². The van der Waals surface area contributed by atoms with E-state index in [1.807, 2.05) is 12.1 Å². The Morgan fingerprint density at radius 1 is 0.296 bits per heavy atom. The van der Waals surface area contributed by atoms with Crippen LogP contribution in [0.3, 0.4) is 0 Å². The van der Waals surface area contributed by atoms with Gasteiger partial charge in [-0.15, -0.1) is 0 Å². The predicted octanol–water partition coefficient (Wildman–Crippen LogP) is 12.8. The van der Waals surface area contributed by atoms with Crippen LogP contribution in [-0.2, 0) is 0 Å². The Morgan fingerprint density at radius 2 is 0.815 bits per heavy atom. The van der Waals surface area contributed by atoms with Crippen molar-refractivity contribution in [2.45, 2.75) is 0 Å². The van der Waals surface area contributed by atoms with E-state index in [0.717, 1.165) is 50.0 Å². The lowest BCUT2D eigenvalue weighted by Crippen LogP contribution is -2.03. The van der Waals surface area contributed by atoms with Crippen LogP contribution in [0, 0.1) is 0 Å². The normalized spacial score (nSPS) is 11.7. The maximum Gasteiger partial charge on any atom is 0.235 e. The number of fused-ring (bicyclic) bond motifs is 7. The fraction of sp³-hybridized carbons (Fsp3) is 0. The molecular weight excluding hydrogens is 657 g/mol. The molecular formula is C50H32N4. The molecule has 4 nitrogen and oxygen atoms in total. The van der Waals surface area contributed by atoms with Gasteiger partial charge in [-0.05, 0) is 70.8 Å². The Kier molecular flexibility index (Phi) is 6.82. The van der Waals surface area contributed by atoms with Crippen LogP contribution in [-0.4, -0.2) is 19.1 Å². The molecule has 0 aliphatic carbocycles. The van der Waals surface area contributed by atoms with Gasteiger partial charge in [0.05, 0.1) is 33.3 Å². The molecule has 0 amide bonds. The van der Waals surface area contributed by atoms with E-state index in [-0.39, 0.29) is 0 Å². The fourth-order valence-electron chi connectivity index (χ4n) is 8.21. The third-order valence-electron chi connectivity index (χ3n) is 10.8. The summed E-state index contributed by atoms with van der Waals surface area (Å²) < 4.78 is 4.61. The summed E-state index contributed by atoms with van der Waals surface area (Å²) in [7, 11) is 0. The first-order valence-electron chi connectivity index (χ1n) is 18.3. The summed E-state index contributed by atoms with van der Waals surface area (Å²) in [4.78, 5) is 10.5. The second-order valence-corrected chi connectivity index (χ2v) is 13.8. The smallest absolute Gasteiger partial charge is 0.235 e. The number of benzene rings is 8. The standard InChI is InChI=1S/C50H32N4/c1-3-13-33(14-4-1)34-23-27-38(28-24-34)53-45-21-11-9-18-40(45)43-31-36(26-30-47(43)53)37-25-29-41-39-17-8-12-22-46(39)54(48(41)32-37)50-51-44-20-10-7-19-42(44)49(52-50)35-15-5-2-6-16-35/h1-32H. The molecule has 3 heterocycles. The molecule has 8 aromatic carbocycles. The van der Waals surface area contributed by atoms with Crippen LogP contribution in [0.15, 0.2) is 194 Å². The average molecular weight is 689 g/mol. The molecule has 0 aliphatic heterocycles. The van der Waals surface area contributed by atoms with Gasteiger partial charge in [0.15, 0.2) is 0 Å². The second kappa shape index (κ2) is 12.1. The molecule has 0 radical (unpaired) electrons.